The van der Waals surface area contributed by atoms with Crippen LogP contribution in [-0.4, -0.2) is 49.2 Å². The Hall–Kier alpha value is -4.92. The van der Waals surface area contributed by atoms with E-state index in [1.54, 1.807) is 30.0 Å². The summed E-state index contributed by atoms with van der Waals surface area (Å²) in [6, 6.07) is 9.70. The van der Waals surface area contributed by atoms with Crippen LogP contribution >= 0.6 is 0 Å². The Kier molecular flexibility index (Phi) is 6.66. The van der Waals surface area contributed by atoms with E-state index in [0.717, 1.165) is 6.07 Å². The van der Waals surface area contributed by atoms with Gasteiger partial charge in [-0.15, -0.1) is 0 Å². The van der Waals surface area contributed by atoms with E-state index in [1.807, 2.05) is 0 Å². The molecule has 12 heteroatoms. The van der Waals surface area contributed by atoms with Gasteiger partial charge in [-0.1, -0.05) is 12.0 Å². The van der Waals surface area contributed by atoms with Crippen molar-refractivity contribution in [2.45, 2.75) is 25.4 Å². The van der Waals surface area contributed by atoms with E-state index in [9.17, 15) is 22.8 Å². The Morgan fingerprint density at radius 1 is 1.13 bits per heavy atom. The Morgan fingerprint density at radius 3 is 2.67 bits per heavy atom. The first-order chi connectivity index (χ1) is 18.7. The summed E-state index contributed by atoms with van der Waals surface area (Å²) in [5.74, 6) is 3.89. The van der Waals surface area contributed by atoms with Gasteiger partial charge in [-0.25, -0.2) is 15.0 Å². The van der Waals surface area contributed by atoms with E-state index in [1.165, 1.54) is 35.0 Å². The van der Waals surface area contributed by atoms with E-state index in [0.29, 0.717) is 30.7 Å². The smallest absolute Gasteiger partial charge is 0.369 e. The summed E-state index contributed by atoms with van der Waals surface area (Å²) >= 11 is 0. The maximum absolute atomic E-state index is 14.3. The average Bonchev–Trinajstić information content (AvgIpc) is 3.55. The third kappa shape index (κ3) is 4.98. The molecule has 0 saturated carbocycles. The minimum Gasteiger partial charge on any atom is -0.369 e. The summed E-state index contributed by atoms with van der Waals surface area (Å²) in [5, 5.41) is 2.49. The molecule has 1 aliphatic heterocycles. The lowest BCUT2D eigenvalue weighted by atomic mass is 10.0. The minimum atomic E-state index is -4.81. The topological polar surface area (TPSA) is 119 Å². The van der Waals surface area contributed by atoms with Gasteiger partial charge in [0.05, 0.1) is 16.8 Å². The zero-order valence-corrected chi connectivity index (χ0v) is 20.7. The summed E-state index contributed by atoms with van der Waals surface area (Å²) in [4.78, 5) is 39.2. The molecule has 1 aliphatic rings. The van der Waals surface area contributed by atoms with Crippen LogP contribution in [0.3, 0.4) is 0 Å². The number of hydrogen-bond acceptors (Lipinski definition) is 6. The number of halogens is 3. The van der Waals surface area contributed by atoms with E-state index in [2.05, 4.69) is 32.1 Å². The van der Waals surface area contributed by atoms with Gasteiger partial charge < -0.3 is 16.0 Å². The van der Waals surface area contributed by atoms with Crippen LogP contribution in [0.5, 0.6) is 0 Å². The molecule has 0 bridgehead atoms. The molecule has 9 nitrogen and oxygen atoms in total. The highest BCUT2D eigenvalue weighted by molar-refractivity contribution is 6.04. The van der Waals surface area contributed by atoms with Gasteiger partial charge in [0.25, 0.3) is 11.8 Å². The molecule has 4 aromatic rings. The van der Waals surface area contributed by atoms with Crippen molar-refractivity contribution in [3.05, 3.63) is 71.7 Å². The molecule has 1 saturated heterocycles. The summed E-state index contributed by atoms with van der Waals surface area (Å²) in [7, 11) is 0. The molecular formula is C27H22F3N7O2. The predicted octanol–water partition coefficient (Wildman–Crippen LogP) is 3.98. The first kappa shape index (κ1) is 25.7. The Bertz CT molecular complexity index is 1640. The number of rotatable bonds is 4. The van der Waals surface area contributed by atoms with Gasteiger partial charge in [0, 0.05) is 42.5 Å². The molecule has 1 unspecified atom stereocenters. The zero-order valence-electron chi connectivity index (χ0n) is 20.7. The monoisotopic (exact) mass is 533 g/mol. The Morgan fingerprint density at radius 2 is 1.95 bits per heavy atom. The highest BCUT2D eigenvalue weighted by atomic mass is 19.4. The number of aromatic nitrogens is 4. The van der Waals surface area contributed by atoms with Crippen molar-refractivity contribution in [1.82, 2.24) is 24.3 Å². The summed E-state index contributed by atoms with van der Waals surface area (Å²) < 4.78 is 44.4. The number of benzene rings is 1. The molecule has 3 N–H and O–H groups in total. The van der Waals surface area contributed by atoms with Crippen LogP contribution in [0.15, 0.2) is 54.9 Å². The largest absolute Gasteiger partial charge is 0.417 e. The van der Waals surface area contributed by atoms with Gasteiger partial charge in [0.15, 0.2) is 0 Å². The molecule has 0 radical (unpaired) electrons. The number of nitrogens with zero attached hydrogens (tertiary/aromatic N) is 5. The van der Waals surface area contributed by atoms with E-state index >= 15 is 0 Å². The van der Waals surface area contributed by atoms with Gasteiger partial charge in [-0.2, -0.15) is 13.2 Å². The number of anilines is 2. The van der Waals surface area contributed by atoms with E-state index in [-0.39, 0.29) is 40.5 Å². The molecule has 1 atom stereocenters. The van der Waals surface area contributed by atoms with E-state index < -0.39 is 17.6 Å². The first-order valence-electron chi connectivity index (χ1n) is 12.0. The first-order valence-corrected chi connectivity index (χ1v) is 12.0. The summed E-state index contributed by atoms with van der Waals surface area (Å²) in [5.41, 5.74) is 5.59. The highest BCUT2D eigenvalue weighted by Gasteiger charge is 2.37. The van der Waals surface area contributed by atoms with Crippen LogP contribution in [0, 0.1) is 11.8 Å². The van der Waals surface area contributed by atoms with E-state index in [4.69, 9.17) is 5.73 Å². The van der Waals surface area contributed by atoms with Gasteiger partial charge in [0.2, 0.25) is 5.95 Å². The molecule has 0 spiro atoms. The zero-order chi connectivity index (χ0) is 27.7. The van der Waals surface area contributed by atoms with Crippen molar-refractivity contribution in [2.75, 3.05) is 24.1 Å². The number of carbonyl (C=O) groups is 2. The van der Waals surface area contributed by atoms with Crippen molar-refractivity contribution >= 4 is 29.1 Å². The molecule has 2 amide bonds. The molecule has 4 heterocycles. The number of hydrogen-bond donors (Lipinski definition) is 2. The lowest BCUT2D eigenvalue weighted by molar-refractivity contribution is -0.137. The summed E-state index contributed by atoms with van der Waals surface area (Å²) in [6.07, 6.45) is -1.34. The lowest BCUT2D eigenvalue weighted by Gasteiger charge is -2.14. The number of nitrogen functional groups attached to an aromatic ring is 1. The van der Waals surface area contributed by atoms with Crippen LogP contribution in [-0.2, 0) is 11.0 Å². The lowest BCUT2D eigenvalue weighted by Crippen LogP contribution is -2.26. The van der Waals surface area contributed by atoms with Gasteiger partial charge in [0.1, 0.15) is 11.6 Å². The standard InChI is InChI=1S/C27H22F3N7O2/c1-2-5-22(38)36-13-10-17(15-36)23-20-9-12-33-26(31)37(20)24(35-23)18-8-7-16(14-19(18)27(28,29)30)25(39)34-21-6-3-4-11-32-21/h3-4,6-9,11-12,14,17H,10,13,15H2,1H3,(H2,31,33)(H,32,34,39). The van der Waals surface area contributed by atoms with Crippen LogP contribution in [0.4, 0.5) is 24.9 Å². The number of amides is 2. The third-order valence-electron chi connectivity index (χ3n) is 6.44. The quantitative estimate of drug-likeness (QED) is 0.383. The van der Waals surface area contributed by atoms with Crippen molar-refractivity contribution < 1.29 is 22.8 Å². The molecule has 5 rings (SSSR count). The molecule has 1 fully saturated rings. The van der Waals surface area contributed by atoms with Crippen molar-refractivity contribution in [3.8, 4) is 23.2 Å². The predicted molar refractivity (Wildman–Crippen MR) is 137 cm³/mol. The number of nitrogens with two attached hydrogens (primary N) is 1. The second-order valence-electron chi connectivity index (χ2n) is 8.88. The fourth-order valence-electron chi connectivity index (χ4n) is 4.66. The molecule has 3 aromatic heterocycles. The number of likely N-dealkylation sites (tertiary alicyclic amines) is 1. The number of carbonyl (C=O) groups excluding carboxylic acids is 2. The normalized spacial score (nSPS) is 15.2. The van der Waals surface area contributed by atoms with Gasteiger partial charge in [-0.3, -0.25) is 14.0 Å². The summed E-state index contributed by atoms with van der Waals surface area (Å²) in [6.45, 7) is 2.34. The van der Waals surface area contributed by atoms with Crippen molar-refractivity contribution in [3.63, 3.8) is 0 Å². The molecule has 198 valence electrons. The molecule has 1 aromatic carbocycles. The highest BCUT2D eigenvalue weighted by Crippen LogP contribution is 2.40. The number of imidazole rings is 1. The molecule has 39 heavy (non-hydrogen) atoms. The molecule has 0 aliphatic carbocycles. The number of pyridine rings is 1. The maximum atomic E-state index is 14.3. The fourth-order valence-corrected chi connectivity index (χ4v) is 4.66. The second-order valence-corrected chi connectivity index (χ2v) is 8.88. The minimum absolute atomic E-state index is 0.0471. The number of fused-ring (bicyclic) bond motifs is 1. The fraction of sp³-hybridized carbons (Fsp3) is 0.222. The van der Waals surface area contributed by atoms with Gasteiger partial charge >= 0.3 is 6.18 Å². The number of alkyl halides is 3. The van der Waals surface area contributed by atoms with Gasteiger partial charge in [-0.05, 0) is 55.7 Å². The van der Waals surface area contributed by atoms with Crippen molar-refractivity contribution in [1.29, 1.82) is 0 Å². The third-order valence-corrected chi connectivity index (χ3v) is 6.44. The number of nitrogens with one attached hydrogen (secondary N) is 1. The molecular weight excluding hydrogens is 511 g/mol. The average molecular weight is 534 g/mol. The maximum Gasteiger partial charge on any atom is 0.417 e. The van der Waals surface area contributed by atoms with Crippen LogP contribution in [0.25, 0.3) is 16.9 Å². The van der Waals surface area contributed by atoms with Crippen molar-refractivity contribution in [2.24, 2.45) is 0 Å². The van der Waals surface area contributed by atoms with Crippen LogP contribution < -0.4 is 11.1 Å². The van der Waals surface area contributed by atoms with Crippen LogP contribution in [0.1, 0.15) is 40.9 Å². The SMILES string of the molecule is CC#CC(=O)N1CCC(c2nc(-c3ccc(C(=O)Nc4ccccn4)cc3C(F)(F)F)n3c(N)nccc23)C1. The Balaban J connectivity index is 1.59. The van der Waals surface area contributed by atoms with Crippen LogP contribution in [0.2, 0.25) is 0 Å². The Labute approximate surface area is 220 Å². The second kappa shape index (κ2) is 10.1.